The second-order valence-corrected chi connectivity index (χ2v) is 6.10. The molecule has 0 fully saturated rings. The number of aliphatic carboxylic acids is 1. The topological polar surface area (TPSA) is 139 Å². The molecule has 0 aliphatic rings. The Kier molecular flexibility index (Phi) is 6.83. The number of nitro benzene ring substituents is 1. The third kappa shape index (κ3) is 5.00. The smallest absolute Gasteiger partial charge is 0.308 e. The minimum absolute atomic E-state index is 0.00354. The molecule has 146 valence electrons. The number of carboxylic acid groups (broad SMARTS) is 1. The molecule has 1 aromatic heterocycles. The van der Waals surface area contributed by atoms with E-state index in [1.54, 1.807) is 0 Å². The van der Waals surface area contributed by atoms with Gasteiger partial charge in [0.2, 0.25) is 0 Å². The fourth-order valence-corrected chi connectivity index (χ4v) is 2.61. The molecule has 0 aliphatic carbocycles. The van der Waals surface area contributed by atoms with E-state index >= 15 is 0 Å². The summed E-state index contributed by atoms with van der Waals surface area (Å²) in [6, 6.07) is 4.09. The zero-order valence-electron chi connectivity index (χ0n) is 15.2. The number of non-ortho nitro benzene ring substituents is 1. The minimum Gasteiger partial charge on any atom is -0.481 e. The normalized spacial score (nSPS) is 12.1. The van der Waals surface area contributed by atoms with Gasteiger partial charge in [-0.05, 0) is 19.4 Å². The first kappa shape index (κ1) is 20.3. The van der Waals surface area contributed by atoms with Crippen molar-refractivity contribution in [3.8, 4) is 0 Å². The highest BCUT2D eigenvalue weighted by Crippen LogP contribution is 2.23. The van der Waals surface area contributed by atoms with Gasteiger partial charge in [0, 0.05) is 43.8 Å². The molecule has 0 radical (unpaired) electrons. The lowest BCUT2D eigenvalue weighted by Crippen LogP contribution is -2.38. The second kappa shape index (κ2) is 9.08. The van der Waals surface area contributed by atoms with Gasteiger partial charge in [0.1, 0.15) is 0 Å². The Morgan fingerprint density at radius 2 is 2.19 bits per heavy atom. The van der Waals surface area contributed by atoms with E-state index < -0.39 is 22.7 Å². The third-order valence-electron chi connectivity index (χ3n) is 4.08. The Morgan fingerprint density at radius 3 is 2.81 bits per heavy atom. The summed E-state index contributed by atoms with van der Waals surface area (Å²) in [7, 11) is 0. The van der Waals surface area contributed by atoms with Crippen molar-refractivity contribution in [3.63, 3.8) is 0 Å². The summed E-state index contributed by atoms with van der Waals surface area (Å²) in [6.45, 7) is 4.65. The quantitative estimate of drug-likeness (QED) is 0.366. The summed E-state index contributed by atoms with van der Waals surface area (Å²) in [5.74, 6) is -2.26. The number of aromatic amines is 1. The second-order valence-electron chi connectivity index (χ2n) is 6.10. The van der Waals surface area contributed by atoms with Gasteiger partial charge in [0.05, 0.1) is 16.4 Å². The molecule has 10 nitrogen and oxygen atoms in total. The van der Waals surface area contributed by atoms with Crippen molar-refractivity contribution in [2.24, 2.45) is 5.92 Å². The van der Waals surface area contributed by atoms with Crippen LogP contribution >= 0.6 is 0 Å². The summed E-state index contributed by atoms with van der Waals surface area (Å²) in [5.41, 5.74) is 0.368. The number of hydrogen-bond donors (Lipinski definition) is 2. The van der Waals surface area contributed by atoms with Crippen LogP contribution < -0.4 is 0 Å². The Bertz CT molecular complexity index is 834. The van der Waals surface area contributed by atoms with Crippen molar-refractivity contribution in [2.75, 3.05) is 26.3 Å². The van der Waals surface area contributed by atoms with Gasteiger partial charge in [0.25, 0.3) is 11.6 Å². The van der Waals surface area contributed by atoms with Crippen LogP contribution in [-0.4, -0.2) is 63.3 Å². The Balaban J connectivity index is 2.29. The fraction of sp³-hybridized carbons (Fsp3) is 0.471. The van der Waals surface area contributed by atoms with Crippen LogP contribution in [-0.2, 0) is 9.53 Å². The number of nitrogens with one attached hydrogen (secondary N) is 1. The van der Waals surface area contributed by atoms with E-state index in [4.69, 9.17) is 9.84 Å². The summed E-state index contributed by atoms with van der Waals surface area (Å²) >= 11 is 0. The summed E-state index contributed by atoms with van der Waals surface area (Å²) < 4.78 is 5.27. The molecule has 27 heavy (non-hydrogen) atoms. The number of hydrogen-bond acceptors (Lipinski definition) is 6. The van der Waals surface area contributed by atoms with E-state index in [1.165, 1.54) is 30.0 Å². The highest BCUT2D eigenvalue weighted by molar-refractivity contribution is 6.05. The maximum Gasteiger partial charge on any atom is 0.308 e. The Labute approximate surface area is 155 Å². The predicted octanol–water partition coefficient (Wildman–Crippen LogP) is 2.06. The summed E-state index contributed by atoms with van der Waals surface area (Å²) in [5, 5.41) is 27.2. The molecule has 1 aromatic carbocycles. The highest BCUT2D eigenvalue weighted by Gasteiger charge is 2.25. The number of amides is 1. The molecule has 2 aromatic rings. The number of rotatable bonds is 10. The van der Waals surface area contributed by atoms with Crippen LogP contribution in [0.4, 0.5) is 5.69 Å². The number of aromatic nitrogens is 2. The predicted molar refractivity (Wildman–Crippen MR) is 96.6 cm³/mol. The van der Waals surface area contributed by atoms with Crippen molar-refractivity contribution < 1.29 is 24.4 Å². The standard InChI is InChI=1S/C17H22N4O6/c1-3-27-8-4-7-20(10-11(2)17(23)24)16(22)15-13-9-12(21(25)26)5-6-14(13)18-19-15/h5-6,9,11H,3-4,7-8,10H2,1-2H3,(H,18,19)(H,23,24). The minimum atomic E-state index is -1.01. The van der Waals surface area contributed by atoms with Gasteiger partial charge in [0.15, 0.2) is 5.69 Å². The Morgan fingerprint density at radius 1 is 1.44 bits per heavy atom. The van der Waals surface area contributed by atoms with Crippen LogP contribution in [0.15, 0.2) is 18.2 Å². The van der Waals surface area contributed by atoms with Crippen molar-refractivity contribution in [3.05, 3.63) is 34.0 Å². The molecule has 1 atom stereocenters. The van der Waals surface area contributed by atoms with Gasteiger partial charge in [-0.2, -0.15) is 5.10 Å². The zero-order chi connectivity index (χ0) is 20.0. The van der Waals surface area contributed by atoms with E-state index in [0.29, 0.717) is 37.1 Å². The van der Waals surface area contributed by atoms with Crippen molar-refractivity contribution in [1.82, 2.24) is 15.1 Å². The molecule has 2 N–H and O–H groups in total. The summed E-state index contributed by atoms with van der Waals surface area (Å²) in [6.07, 6.45) is 0.536. The van der Waals surface area contributed by atoms with Gasteiger partial charge >= 0.3 is 5.97 Å². The van der Waals surface area contributed by atoms with Crippen LogP contribution in [0.2, 0.25) is 0 Å². The molecule has 1 amide bonds. The number of H-pyrrole nitrogens is 1. The van der Waals surface area contributed by atoms with E-state index in [0.717, 1.165) is 0 Å². The lowest BCUT2D eigenvalue weighted by molar-refractivity contribution is -0.384. The molecule has 0 saturated heterocycles. The number of nitrogens with zero attached hydrogens (tertiary/aromatic N) is 3. The number of carboxylic acids is 1. The molecular weight excluding hydrogens is 356 g/mol. The van der Waals surface area contributed by atoms with Crippen molar-refractivity contribution in [1.29, 1.82) is 0 Å². The van der Waals surface area contributed by atoms with E-state index in [-0.39, 0.29) is 17.9 Å². The monoisotopic (exact) mass is 378 g/mol. The molecular formula is C17H22N4O6. The van der Waals surface area contributed by atoms with Crippen LogP contribution in [0.25, 0.3) is 10.9 Å². The van der Waals surface area contributed by atoms with Crippen LogP contribution in [0.3, 0.4) is 0 Å². The number of carbonyl (C=O) groups is 2. The third-order valence-corrected chi connectivity index (χ3v) is 4.08. The first-order chi connectivity index (χ1) is 12.8. The number of ether oxygens (including phenoxy) is 1. The zero-order valence-corrected chi connectivity index (χ0v) is 15.2. The van der Waals surface area contributed by atoms with E-state index in [9.17, 15) is 19.7 Å². The van der Waals surface area contributed by atoms with Crippen LogP contribution in [0.1, 0.15) is 30.8 Å². The van der Waals surface area contributed by atoms with Gasteiger partial charge in [-0.1, -0.05) is 6.92 Å². The number of nitro groups is 1. The number of fused-ring (bicyclic) bond motifs is 1. The maximum atomic E-state index is 13.0. The molecule has 10 heteroatoms. The molecule has 0 spiro atoms. The largest absolute Gasteiger partial charge is 0.481 e. The fourth-order valence-electron chi connectivity index (χ4n) is 2.61. The van der Waals surface area contributed by atoms with E-state index in [2.05, 4.69) is 10.2 Å². The lowest BCUT2D eigenvalue weighted by atomic mass is 10.1. The summed E-state index contributed by atoms with van der Waals surface area (Å²) in [4.78, 5) is 36.0. The molecule has 0 aliphatic heterocycles. The molecule has 1 heterocycles. The maximum absolute atomic E-state index is 13.0. The number of benzene rings is 1. The lowest BCUT2D eigenvalue weighted by Gasteiger charge is -2.24. The Hall–Kier alpha value is -3.01. The first-order valence-electron chi connectivity index (χ1n) is 8.57. The average molecular weight is 378 g/mol. The molecule has 0 saturated carbocycles. The average Bonchev–Trinajstić information content (AvgIpc) is 3.06. The van der Waals surface area contributed by atoms with Crippen LogP contribution in [0, 0.1) is 16.0 Å². The SMILES string of the molecule is CCOCCCN(CC(C)C(=O)O)C(=O)c1n[nH]c2ccc([N+](=O)[O-])cc12. The molecule has 0 bridgehead atoms. The van der Waals surface area contributed by atoms with Gasteiger partial charge < -0.3 is 14.7 Å². The van der Waals surface area contributed by atoms with Gasteiger partial charge in [-0.15, -0.1) is 0 Å². The van der Waals surface area contributed by atoms with Crippen molar-refractivity contribution >= 4 is 28.5 Å². The van der Waals surface area contributed by atoms with Gasteiger partial charge in [-0.3, -0.25) is 24.8 Å². The van der Waals surface area contributed by atoms with Crippen LogP contribution in [0.5, 0.6) is 0 Å². The van der Waals surface area contributed by atoms with Gasteiger partial charge in [-0.25, -0.2) is 0 Å². The molecule has 1 unspecified atom stereocenters. The first-order valence-corrected chi connectivity index (χ1v) is 8.57. The van der Waals surface area contributed by atoms with E-state index in [1.807, 2.05) is 6.92 Å². The molecule has 2 rings (SSSR count). The van der Waals surface area contributed by atoms with Crippen molar-refractivity contribution in [2.45, 2.75) is 20.3 Å². The number of carbonyl (C=O) groups excluding carboxylic acids is 1. The highest BCUT2D eigenvalue weighted by atomic mass is 16.6.